The molecule has 3 N–H and O–H groups in total. The summed E-state index contributed by atoms with van der Waals surface area (Å²) in [4.78, 5) is 17.4. The SMILES string of the molecule is C=C/C(=C\C(=C/C)c1ccc(N(C)C)c(C(=C)c2nc3c(N4CCNCC4)cncc3[nH]2)c1)NC(=C)CC. The van der Waals surface area contributed by atoms with Crippen LogP contribution in [0, 0.1) is 0 Å². The fourth-order valence-electron chi connectivity index (χ4n) is 4.61. The number of hydrogen-bond acceptors (Lipinski definition) is 6. The normalized spacial score (nSPS) is 14.5. The van der Waals surface area contributed by atoms with E-state index in [-0.39, 0.29) is 0 Å². The van der Waals surface area contributed by atoms with E-state index in [4.69, 9.17) is 4.98 Å². The summed E-state index contributed by atoms with van der Waals surface area (Å²) in [5.74, 6) is 0.745. The van der Waals surface area contributed by atoms with Gasteiger partial charge in [-0.25, -0.2) is 4.98 Å². The van der Waals surface area contributed by atoms with Gasteiger partial charge in [0.25, 0.3) is 0 Å². The van der Waals surface area contributed by atoms with Crippen molar-refractivity contribution in [3.8, 4) is 0 Å². The first kappa shape index (κ1) is 26.9. The van der Waals surface area contributed by atoms with Crippen LogP contribution in [0.15, 0.2) is 80.0 Å². The maximum absolute atomic E-state index is 5.03. The molecule has 0 amide bonds. The lowest BCUT2D eigenvalue weighted by Crippen LogP contribution is -2.43. The molecule has 0 saturated carbocycles. The number of nitrogens with one attached hydrogen (secondary N) is 3. The third-order valence-electron chi connectivity index (χ3n) is 6.85. The van der Waals surface area contributed by atoms with E-state index in [1.165, 1.54) is 0 Å². The van der Waals surface area contributed by atoms with Gasteiger partial charge < -0.3 is 25.4 Å². The van der Waals surface area contributed by atoms with Gasteiger partial charge in [0.2, 0.25) is 0 Å². The quantitative estimate of drug-likeness (QED) is 0.314. The van der Waals surface area contributed by atoms with Gasteiger partial charge in [0, 0.05) is 68.5 Å². The zero-order valence-corrected chi connectivity index (χ0v) is 23.1. The molecule has 7 nitrogen and oxygen atoms in total. The van der Waals surface area contributed by atoms with Crippen LogP contribution in [0.5, 0.6) is 0 Å². The Bertz CT molecular complexity index is 1400. The van der Waals surface area contributed by atoms with Gasteiger partial charge in [-0.15, -0.1) is 0 Å². The highest BCUT2D eigenvalue weighted by molar-refractivity contribution is 5.93. The molecule has 3 aromatic rings. The molecule has 2 aromatic heterocycles. The van der Waals surface area contributed by atoms with Crippen LogP contribution in [0.1, 0.15) is 37.2 Å². The summed E-state index contributed by atoms with van der Waals surface area (Å²) in [5, 5.41) is 6.75. The number of allylic oxidation sites excluding steroid dienone is 5. The number of anilines is 2. The fraction of sp³-hybridized carbons (Fsp3) is 0.290. The Hall–Kier alpha value is -4.10. The summed E-state index contributed by atoms with van der Waals surface area (Å²) >= 11 is 0. The molecule has 0 bridgehead atoms. The number of benzene rings is 1. The summed E-state index contributed by atoms with van der Waals surface area (Å²) in [6, 6.07) is 6.45. The molecule has 1 aliphatic rings. The van der Waals surface area contributed by atoms with E-state index in [9.17, 15) is 0 Å². The molecule has 0 aliphatic carbocycles. The molecule has 0 spiro atoms. The fourth-order valence-corrected chi connectivity index (χ4v) is 4.61. The number of piperazine rings is 1. The van der Waals surface area contributed by atoms with Crippen LogP contribution >= 0.6 is 0 Å². The number of aromatic nitrogens is 3. The van der Waals surface area contributed by atoms with Gasteiger partial charge in [-0.3, -0.25) is 4.98 Å². The van der Waals surface area contributed by atoms with Crippen LogP contribution in [-0.2, 0) is 0 Å². The lowest BCUT2D eigenvalue weighted by molar-refractivity contribution is 0.589. The Morgan fingerprint density at radius 1 is 1.18 bits per heavy atom. The molecule has 1 saturated heterocycles. The third kappa shape index (κ3) is 5.73. The summed E-state index contributed by atoms with van der Waals surface area (Å²) in [6.45, 7) is 20.4. The maximum atomic E-state index is 5.03. The molecule has 3 heterocycles. The highest BCUT2D eigenvalue weighted by Gasteiger charge is 2.19. The van der Waals surface area contributed by atoms with Gasteiger partial charge >= 0.3 is 0 Å². The summed E-state index contributed by atoms with van der Waals surface area (Å²) in [6.07, 6.45) is 10.6. The highest BCUT2D eigenvalue weighted by Crippen LogP contribution is 2.34. The van der Waals surface area contributed by atoms with Crippen molar-refractivity contribution >= 4 is 33.6 Å². The standard InChI is InChI=1S/C31H39N7/c1-8-21(4)34-25(10-3)17-23(9-2)24-11-12-28(37(6)7)26(18-24)22(5)31-35-27-19-33-20-29(30(27)36-31)38-15-13-32-14-16-38/h9-12,17-20,32,34H,3-5,8,13-16H2,1-2,6-7H3,(H,35,36)/b23-9+,25-17+. The molecule has 4 rings (SSSR count). The minimum absolute atomic E-state index is 0.745. The second-order valence-electron chi connectivity index (χ2n) is 9.61. The molecule has 1 aromatic carbocycles. The summed E-state index contributed by atoms with van der Waals surface area (Å²) in [7, 11) is 4.09. The van der Waals surface area contributed by atoms with Crippen LogP contribution in [0.25, 0.3) is 22.2 Å². The van der Waals surface area contributed by atoms with E-state index in [1.807, 2.05) is 39.5 Å². The number of H-pyrrole nitrogens is 1. The Morgan fingerprint density at radius 2 is 1.95 bits per heavy atom. The van der Waals surface area contributed by atoms with Gasteiger partial charge in [0.15, 0.2) is 0 Å². The van der Waals surface area contributed by atoms with Crippen molar-refractivity contribution < 1.29 is 0 Å². The molecular weight excluding hydrogens is 470 g/mol. The topological polar surface area (TPSA) is 72.1 Å². The molecular formula is C31H39N7. The first-order chi connectivity index (χ1) is 18.4. The van der Waals surface area contributed by atoms with E-state index in [1.54, 1.807) is 0 Å². The van der Waals surface area contributed by atoms with Crippen LogP contribution < -0.4 is 20.4 Å². The Morgan fingerprint density at radius 3 is 2.61 bits per heavy atom. The minimum Gasteiger partial charge on any atom is -0.377 e. The maximum Gasteiger partial charge on any atom is 0.138 e. The second-order valence-corrected chi connectivity index (χ2v) is 9.61. The number of aromatic amines is 1. The van der Waals surface area contributed by atoms with Crippen molar-refractivity contribution in [1.29, 1.82) is 0 Å². The van der Waals surface area contributed by atoms with Crippen molar-refractivity contribution in [1.82, 2.24) is 25.6 Å². The van der Waals surface area contributed by atoms with Crippen molar-refractivity contribution in [2.75, 3.05) is 50.1 Å². The van der Waals surface area contributed by atoms with Crippen molar-refractivity contribution in [2.45, 2.75) is 20.3 Å². The van der Waals surface area contributed by atoms with Crippen LogP contribution in [0.4, 0.5) is 11.4 Å². The van der Waals surface area contributed by atoms with Crippen LogP contribution in [0.3, 0.4) is 0 Å². The average Bonchev–Trinajstić information content (AvgIpc) is 3.39. The number of nitrogens with zero attached hydrogens (tertiary/aromatic N) is 4. The first-order valence-electron chi connectivity index (χ1n) is 13.1. The highest BCUT2D eigenvalue weighted by atomic mass is 15.2. The van der Waals surface area contributed by atoms with E-state index in [0.717, 1.165) is 94.5 Å². The smallest absolute Gasteiger partial charge is 0.138 e. The Balaban J connectivity index is 1.74. The number of imidazole rings is 1. The minimum atomic E-state index is 0.745. The van der Waals surface area contributed by atoms with Crippen molar-refractivity contribution in [2.24, 2.45) is 0 Å². The molecule has 198 valence electrons. The van der Waals surface area contributed by atoms with Gasteiger partial charge in [-0.1, -0.05) is 38.8 Å². The molecule has 0 unspecified atom stereocenters. The average molecular weight is 510 g/mol. The molecule has 1 fully saturated rings. The van der Waals surface area contributed by atoms with Crippen LogP contribution in [0.2, 0.25) is 0 Å². The zero-order chi connectivity index (χ0) is 27.2. The number of pyridine rings is 1. The van der Waals surface area contributed by atoms with E-state index in [0.29, 0.717) is 0 Å². The number of hydrogen-bond donors (Lipinski definition) is 3. The first-order valence-corrected chi connectivity index (χ1v) is 13.1. The second kappa shape index (κ2) is 12.0. The lowest BCUT2D eigenvalue weighted by Gasteiger charge is -2.29. The number of rotatable bonds is 10. The molecule has 0 atom stereocenters. The van der Waals surface area contributed by atoms with Crippen molar-refractivity contribution in [3.63, 3.8) is 0 Å². The summed E-state index contributed by atoms with van der Waals surface area (Å²) in [5.41, 5.74) is 9.82. The van der Waals surface area contributed by atoms with E-state index < -0.39 is 0 Å². The van der Waals surface area contributed by atoms with Crippen molar-refractivity contribution in [3.05, 3.63) is 96.9 Å². The lowest BCUT2D eigenvalue weighted by atomic mass is 9.96. The third-order valence-corrected chi connectivity index (χ3v) is 6.85. The molecule has 7 heteroatoms. The van der Waals surface area contributed by atoms with E-state index >= 15 is 0 Å². The molecule has 38 heavy (non-hydrogen) atoms. The van der Waals surface area contributed by atoms with Gasteiger partial charge in [0.1, 0.15) is 11.3 Å². The van der Waals surface area contributed by atoms with Gasteiger partial charge in [0.05, 0.1) is 23.6 Å². The predicted molar refractivity (Wildman–Crippen MR) is 162 cm³/mol. The zero-order valence-electron chi connectivity index (χ0n) is 23.1. The largest absolute Gasteiger partial charge is 0.377 e. The van der Waals surface area contributed by atoms with E-state index in [2.05, 4.69) is 87.4 Å². The molecule has 1 aliphatic heterocycles. The molecule has 0 radical (unpaired) electrons. The predicted octanol–water partition coefficient (Wildman–Crippen LogP) is 5.48. The summed E-state index contributed by atoms with van der Waals surface area (Å²) < 4.78 is 0. The monoisotopic (exact) mass is 509 g/mol. The van der Waals surface area contributed by atoms with Gasteiger partial charge in [-0.2, -0.15) is 0 Å². The number of fused-ring (bicyclic) bond motifs is 1. The Labute approximate surface area is 226 Å². The van der Waals surface area contributed by atoms with Crippen LogP contribution in [-0.4, -0.2) is 55.2 Å². The van der Waals surface area contributed by atoms with Gasteiger partial charge in [-0.05, 0) is 48.8 Å². The Kier molecular flexibility index (Phi) is 8.48.